The predicted octanol–water partition coefficient (Wildman–Crippen LogP) is 5.64. The number of aryl methyl sites for hydroxylation is 1. The molecule has 0 atom stereocenters. The smallest absolute Gasteiger partial charge is 0.135 e. The lowest BCUT2D eigenvalue weighted by atomic mass is 9.86. The molecule has 1 nitrogen and oxygen atoms in total. The minimum absolute atomic E-state index is 0.161. The van der Waals surface area contributed by atoms with Crippen LogP contribution in [-0.2, 0) is 5.41 Å². The molecule has 0 fully saturated rings. The standard InChI is InChI=1S/C12H18OS.2C2H6/c1-8-6-9(12(2,3)4)7-10(14)11(8)13-5;2*1-2/h6-7,14H,1-5H3;2*1-2H3. The van der Waals surface area contributed by atoms with Gasteiger partial charge in [0.15, 0.2) is 0 Å². The largest absolute Gasteiger partial charge is 0.495 e. The van der Waals surface area contributed by atoms with E-state index in [1.165, 1.54) is 5.56 Å². The average molecular weight is 270 g/mol. The van der Waals surface area contributed by atoms with Crippen LogP contribution in [0.4, 0.5) is 0 Å². The molecule has 0 spiro atoms. The topological polar surface area (TPSA) is 9.23 Å². The Hall–Kier alpha value is -0.630. The van der Waals surface area contributed by atoms with Crippen molar-refractivity contribution in [3.8, 4) is 5.75 Å². The van der Waals surface area contributed by atoms with Crippen molar-refractivity contribution < 1.29 is 4.74 Å². The van der Waals surface area contributed by atoms with E-state index in [1.54, 1.807) is 7.11 Å². The summed E-state index contributed by atoms with van der Waals surface area (Å²) in [6.45, 7) is 16.6. The zero-order valence-corrected chi connectivity index (χ0v) is 14.4. The molecular weight excluding hydrogens is 240 g/mol. The first-order chi connectivity index (χ1) is 8.36. The molecule has 0 heterocycles. The summed E-state index contributed by atoms with van der Waals surface area (Å²) in [5.41, 5.74) is 2.60. The summed E-state index contributed by atoms with van der Waals surface area (Å²) >= 11 is 4.42. The summed E-state index contributed by atoms with van der Waals surface area (Å²) < 4.78 is 5.27. The molecule has 0 N–H and O–H groups in total. The van der Waals surface area contributed by atoms with Crippen LogP contribution in [0.25, 0.3) is 0 Å². The van der Waals surface area contributed by atoms with Crippen molar-refractivity contribution in [1.82, 2.24) is 0 Å². The van der Waals surface area contributed by atoms with Gasteiger partial charge in [-0.3, -0.25) is 0 Å². The highest BCUT2D eigenvalue weighted by Gasteiger charge is 2.16. The average Bonchev–Trinajstić information content (AvgIpc) is 2.32. The highest BCUT2D eigenvalue weighted by Crippen LogP contribution is 2.32. The second-order valence-corrected chi connectivity index (χ2v) is 5.08. The van der Waals surface area contributed by atoms with E-state index in [-0.39, 0.29) is 5.41 Å². The van der Waals surface area contributed by atoms with E-state index in [0.29, 0.717) is 0 Å². The fourth-order valence-electron chi connectivity index (χ4n) is 1.45. The normalized spacial score (nSPS) is 9.67. The number of thiol groups is 1. The van der Waals surface area contributed by atoms with Crippen LogP contribution < -0.4 is 4.74 Å². The Balaban J connectivity index is 0. The van der Waals surface area contributed by atoms with Gasteiger partial charge in [-0.05, 0) is 29.5 Å². The maximum atomic E-state index is 5.27. The number of methoxy groups -OCH3 is 1. The van der Waals surface area contributed by atoms with Crippen LogP contribution >= 0.6 is 12.6 Å². The van der Waals surface area contributed by atoms with Crippen molar-refractivity contribution in [2.75, 3.05) is 7.11 Å². The molecule has 0 saturated carbocycles. The lowest BCUT2D eigenvalue weighted by molar-refractivity contribution is 0.401. The maximum Gasteiger partial charge on any atom is 0.135 e. The van der Waals surface area contributed by atoms with E-state index in [0.717, 1.165) is 16.2 Å². The molecule has 1 aromatic carbocycles. The molecule has 106 valence electrons. The Morgan fingerprint density at radius 3 is 1.72 bits per heavy atom. The highest BCUT2D eigenvalue weighted by molar-refractivity contribution is 7.80. The van der Waals surface area contributed by atoms with Crippen molar-refractivity contribution in [2.45, 2.75) is 65.7 Å². The summed E-state index contributed by atoms with van der Waals surface area (Å²) in [6, 6.07) is 4.24. The van der Waals surface area contributed by atoms with Crippen LogP contribution in [0.2, 0.25) is 0 Å². The molecule has 0 amide bonds. The summed E-state index contributed by atoms with van der Waals surface area (Å²) in [7, 11) is 1.68. The van der Waals surface area contributed by atoms with Gasteiger partial charge in [0, 0.05) is 4.90 Å². The first-order valence-electron chi connectivity index (χ1n) is 6.74. The van der Waals surface area contributed by atoms with E-state index >= 15 is 0 Å². The number of benzene rings is 1. The SMILES string of the molecule is CC.CC.COc1c(C)cc(C(C)(C)C)cc1S. The van der Waals surface area contributed by atoms with Crippen LogP contribution in [0.5, 0.6) is 5.75 Å². The minimum Gasteiger partial charge on any atom is -0.495 e. The van der Waals surface area contributed by atoms with E-state index in [4.69, 9.17) is 4.74 Å². The molecule has 0 aliphatic rings. The van der Waals surface area contributed by atoms with E-state index in [9.17, 15) is 0 Å². The van der Waals surface area contributed by atoms with Crippen molar-refractivity contribution in [2.24, 2.45) is 0 Å². The van der Waals surface area contributed by atoms with Crippen molar-refractivity contribution in [1.29, 1.82) is 0 Å². The number of rotatable bonds is 1. The van der Waals surface area contributed by atoms with Crippen molar-refractivity contribution in [3.05, 3.63) is 23.3 Å². The van der Waals surface area contributed by atoms with Crippen LogP contribution in [0.3, 0.4) is 0 Å². The lowest BCUT2D eigenvalue weighted by Crippen LogP contribution is -2.11. The van der Waals surface area contributed by atoms with Gasteiger partial charge < -0.3 is 4.74 Å². The molecule has 0 saturated heterocycles. The zero-order chi connectivity index (χ0) is 14.9. The molecule has 0 aromatic heterocycles. The molecule has 18 heavy (non-hydrogen) atoms. The van der Waals surface area contributed by atoms with Crippen LogP contribution in [0.1, 0.15) is 59.6 Å². The van der Waals surface area contributed by atoms with Gasteiger partial charge in [0.25, 0.3) is 0 Å². The number of hydrogen-bond acceptors (Lipinski definition) is 2. The molecule has 1 aromatic rings. The first kappa shape index (κ1) is 19.7. The number of ether oxygens (including phenoxy) is 1. The molecule has 1 rings (SSSR count). The summed E-state index contributed by atoms with van der Waals surface area (Å²) in [5, 5.41) is 0. The first-order valence-corrected chi connectivity index (χ1v) is 7.19. The minimum atomic E-state index is 0.161. The zero-order valence-electron chi connectivity index (χ0n) is 13.5. The second-order valence-electron chi connectivity index (χ2n) is 4.60. The number of hydrogen-bond donors (Lipinski definition) is 1. The lowest BCUT2D eigenvalue weighted by Gasteiger charge is -2.21. The third-order valence-electron chi connectivity index (χ3n) is 2.33. The van der Waals surface area contributed by atoms with Gasteiger partial charge in [-0.2, -0.15) is 0 Å². The van der Waals surface area contributed by atoms with E-state index in [2.05, 4.69) is 45.5 Å². The van der Waals surface area contributed by atoms with Gasteiger partial charge in [-0.15, -0.1) is 12.6 Å². The molecule has 0 radical (unpaired) electrons. The Kier molecular flexibility index (Phi) is 10.2. The Morgan fingerprint density at radius 1 is 1.00 bits per heavy atom. The molecule has 0 bridgehead atoms. The van der Waals surface area contributed by atoms with Gasteiger partial charge in [-0.25, -0.2) is 0 Å². The molecule has 0 unspecified atom stereocenters. The summed E-state index contributed by atoms with van der Waals surface area (Å²) in [6.07, 6.45) is 0. The van der Waals surface area contributed by atoms with Gasteiger partial charge in [0.2, 0.25) is 0 Å². The quantitative estimate of drug-likeness (QED) is 0.649. The third-order valence-corrected chi connectivity index (χ3v) is 2.66. The highest BCUT2D eigenvalue weighted by atomic mass is 32.1. The second kappa shape index (κ2) is 9.32. The monoisotopic (exact) mass is 270 g/mol. The third kappa shape index (κ3) is 5.81. The summed E-state index contributed by atoms with van der Waals surface area (Å²) in [4.78, 5) is 0.914. The van der Waals surface area contributed by atoms with Gasteiger partial charge >= 0.3 is 0 Å². The van der Waals surface area contributed by atoms with Gasteiger partial charge in [0.1, 0.15) is 5.75 Å². The van der Waals surface area contributed by atoms with E-state index < -0.39 is 0 Å². The predicted molar refractivity (Wildman–Crippen MR) is 86.4 cm³/mol. The Morgan fingerprint density at radius 2 is 1.44 bits per heavy atom. The van der Waals surface area contributed by atoms with Crippen LogP contribution in [0, 0.1) is 6.92 Å². The Bertz CT molecular complexity index is 314. The fourth-order valence-corrected chi connectivity index (χ4v) is 1.86. The van der Waals surface area contributed by atoms with E-state index in [1.807, 2.05) is 34.6 Å². The molecule has 2 heteroatoms. The van der Waals surface area contributed by atoms with Crippen LogP contribution in [0.15, 0.2) is 17.0 Å². The van der Waals surface area contributed by atoms with Crippen LogP contribution in [-0.4, -0.2) is 7.11 Å². The molecule has 0 aliphatic carbocycles. The van der Waals surface area contributed by atoms with Crippen molar-refractivity contribution >= 4 is 12.6 Å². The molecule has 0 aliphatic heterocycles. The van der Waals surface area contributed by atoms with Gasteiger partial charge in [0.05, 0.1) is 7.11 Å². The Labute approximate surface area is 119 Å². The fraction of sp³-hybridized carbons (Fsp3) is 0.625. The summed E-state index contributed by atoms with van der Waals surface area (Å²) in [5.74, 6) is 0.876. The van der Waals surface area contributed by atoms with Crippen molar-refractivity contribution in [3.63, 3.8) is 0 Å². The van der Waals surface area contributed by atoms with Gasteiger partial charge in [-0.1, -0.05) is 54.5 Å². The molecular formula is C16H30OS. The maximum absolute atomic E-state index is 5.27.